The molecule has 0 spiro atoms. The van der Waals surface area contributed by atoms with Gasteiger partial charge in [-0.2, -0.15) is 0 Å². The summed E-state index contributed by atoms with van der Waals surface area (Å²) < 4.78 is 11.0. The van der Waals surface area contributed by atoms with Gasteiger partial charge in [0.25, 0.3) is 5.91 Å². The zero-order valence-corrected chi connectivity index (χ0v) is 18.0. The van der Waals surface area contributed by atoms with Crippen LogP contribution in [0.3, 0.4) is 0 Å². The highest BCUT2D eigenvalue weighted by molar-refractivity contribution is 5.96. The molecule has 0 saturated heterocycles. The van der Waals surface area contributed by atoms with Crippen molar-refractivity contribution in [1.82, 2.24) is 10.9 Å². The Labute approximate surface area is 177 Å². The van der Waals surface area contributed by atoms with E-state index in [1.54, 1.807) is 18.2 Å². The molecule has 3 N–H and O–H groups in total. The SMILES string of the molecule is COc1cc(C(=O)NNC(=O)CC23CC4CC(CC(O)(C4)C2)C3)ccc1OC(C)C. The lowest BCUT2D eigenvalue weighted by Crippen LogP contribution is -2.57. The summed E-state index contributed by atoms with van der Waals surface area (Å²) in [6.45, 7) is 3.83. The van der Waals surface area contributed by atoms with Crippen LogP contribution in [0.1, 0.15) is 69.2 Å². The van der Waals surface area contributed by atoms with Gasteiger partial charge in [0.1, 0.15) is 0 Å². The molecular weight excluding hydrogens is 384 g/mol. The second-order valence-corrected chi connectivity index (χ2v) is 9.90. The first kappa shape index (κ1) is 21.0. The van der Waals surface area contributed by atoms with E-state index in [1.807, 2.05) is 13.8 Å². The molecule has 4 fully saturated rings. The Hall–Kier alpha value is -2.28. The minimum absolute atomic E-state index is 0.0134. The van der Waals surface area contributed by atoms with Crippen LogP contribution in [0.5, 0.6) is 11.5 Å². The van der Waals surface area contributed by atoms with E-state index in [0.29, 0.717) is 41.7 Å². The Bertz CT molecular complexity index is 823. The largest absolute Gasteiger partial charge is 0.493 e. The zero-order valence-electron chi connectivity index (χ0n) is 18.0. The summed E-state index contributed by atoms with van der Waals surface area (Å²) in [6, 6.07) is 4.91. The number of carbonyl (C=O) groups excluding carboxylic acids is 2. The number of hydrogen-bond donors (Lipinski definition) is 3. The van der Waals surface area contributed by atoms with E-state index in [9.17, 15) is 14.7 Å². The van der Waals surface area contributed by atoms with Crippen LogP contribution < -0.4 is 20.3 Å². The standard InChI is InChI=1S/C23H32N2O5/c1-14(2)30-18-5-4-17(7-19(18)29-3)21(27)25-24-20(26)12-22-8-15-6-16(9-22)11-23(28,10-15)13-22/h4-5,7,14-16,28H,6,8-13H2,1-3H3,(H,24,26)(H,25,27). The van der Waals surface area contributed by atoms with Crippen molar-refractivity contribution in [2.24, 2.45) is 17.3 Å². The Kier molecular flexibility index (Phi) is 5.43. The second kappa shape index (κ2) is 7.76. The molecule has 2 amide bonds. The summed E-state index contributed by atoms with van der Waals surface area (Å²) >= 11 is 0. The van der Waals surface area contributed by atoms with Crippen LogP contribution in [-0.4, -0.2) is 35.7 Å². The van der Waals surface area contributed by atoms with Crippen LogP contribution in [0, 0.1) is 17.3 Å². The highest BCUT2D eigenvalue weighted by Crippen LogP contribution is 2.62. The first-order chi connectivity index (χ1) is 14.2. The number of methoxy groups -OCH3 is 1. The lowest BCUT2D eigenvalue weighted by molar-refractivity contribution is -0.169. The second-order valence-electron chi connectivity index (χ2n) is 9.90. The van der Waals surface area contributed by atoms with E-state index < -0.39 is 11.5 Å². The zero-order chi connectivity index (χ0) is 21.5. The maximum Gasteiger partial charge on any atom is 0.269 e. The van der Waals surface area contributed by atoms with Gasteiger partial charge in [-0.15, -0.1) is 0 Å². The molecule has 7 nitrogen and oxygen atoms in total. The monoisotopic (exact) mass is 416 g/mol. The lowest BCUT2D eigenvalue weighted by Gasteiger charge is -2.60. The Morgan fingerprint density at radius 3 is 2.43 bits per heavy atom. The third kappa shape index (κ3) is 4.26. The molecule has 0 heterocycles. The van der Waals surface area contributed by atoms with E-state index >= 15 is 0 Å². The molecule has 2 unspecified atom stereocenters. The van der Waals surface area contributed by atoms with E-state index in [0.717, 1.165) is 25.7 Å². The number of amides is 2. The first-order valence-electron chi connectivity index (χ1n) is 10.9. The van der Waals surface area contributed by atoms with Gasteiger partial charge >= 0.3 is 0 Å². The minimum Gasteiger partial charge on any atom is -0.493 e. The quantitative estimate of drug-likeness (QED) is 0.620. The van der Waals surface area contributed by atoms with Gasteiger partial charge in [0.05, 0.1) is 18.8 Å². The summed E-state index contributed by atoms with van der Waals surface area (Å²) in [5, 5.41) is 10.9. The topological polar surface area (TPSA) is 96.9 Å². The molecule has 4 aliphatic rings. The van der Waals surface area contributed by atoms with Crippen molar-refractivity contribution in [3.05, 3.63) is 23.8 Å². The molecule has 30 heavy (non-hydrogen) atoms. The van der Waals surface area contributed by atoms with E-state index in [2.05, 4.69) is 10.9 Å². The molecule has 4 bridgehead atoms. The van der Waals surface area contributed by atoms with Crippen LogP contribution in [0.15, 0.2) is 18.2 Å². The molecule has 0 radical (unpaired) electrons. The first-order valence-corrected chi connectivity index (χ1v) is 10.9. The number of ether oxygens (including phenoxy) is 2. The molecule has 4 aliphatic carbocycles. The van der Waals surface area contributed by atoms with Crippen molar-refractivity contribution in [2.45, 2.75) is 70.5 Å². The highest BCUT2D eigenvalue weighted by atomic mass is 16.5. The molecule has 4 saturated carbocycles. The number of rotatable bonds is 6. The average Bonchev–Trinajstić information content (AvgIpc) is 2.63. The van der Waals surface area contributed by atoms with Crippen molar-refractivity contribution in [2.75, 3.05) is 7.11 Å². The Morgan fingerprint density at radius 2 is 1.83 bits per heavy atom. The van der Waals surface area contributed by atoms with Gasteiger partial charge in [0.2, 0.25) is 5.91 Å². The number of hydrazine groups is 1. The van der Waals surface area contributed by atoms with Crippen LogP contribution >= 0.6 is 0 Å². The van der Waals surface area contributed by atoms with Gasteiger partial charge in [-0.25, -0.2) is 0 Å². The maximum atomic E-state index is 12.6. The summed E-state index contributed by atoms with van der Waals surface area (Å²) in [5.41, 5.74) is 4.71. The number of hydrogen-bond acceptors (Lipinski definition) is 5. The minimum atomic E-state index is -0.593. The number of nitrogens with one attached hydrogen (secondary N) is 2. The summed E-state index contributed by atoms with van der Waals surface area (Å²) in [6.07, 6.45) is 5.96. The smallest absolute Gasteiger partial charge is 0.269 e. The van der Waals surface area contributed by atoms with Crippen LogP contribution in [0.25, 0.3) is 0 Å². The van der Waals surface area contributed by atoms with E-state index in [4.69, 9.17) is 9.47 Å². The van der Waals surface area contributed by atoms with Crippen LogP contribution in [0.2, 0.25) is 0 Å². The molecule has 7 heteroatoms. The van der Waals surface area contributed by atoms with Gasteiger partial charge in [-0.05, 0) is 87.8 Å². The molecule has 2 atom stereocenters. The van der Waals surface area contributed by atoms with Crippen molar-refractivity contribution in [3.63, 3.8) is 0 Å². The van der Waals surface area contributed by atoms with E-state index in [-0.39, 0.29) is 17.4 Å². The van der Waals surface area contributed by atoms with Gasteiger partial charge in [-0.3, -0.25) is 20.4 Å². The normalized spacial score (nSPS) is 31.5. The highest BCUT2D eigenvalue weighted by Gasteiger charge is 2.57. The van der Waals surface area contributed by atoms with Gasteiger partial charge < -0.3 is 14.6 Å². The average molecular weight is 417 g/mol. The molecule has 1 aromatic carbocycles. The lowest BCUT2D eigenvalue weighted by atomic mass is 9.47. The molecule has 0 aromatic heterocycles. The Morgan fingerprint density at radius 1 is 1.13 bits per heavy atom. The van der Waals surface area contributed by atoms with Crippen molar-refractivity contribution >= 4 is 11.8 Å². The third-order valence-electron chi connectivity index (χ3n) is 6.79. The molecule has 5 rings (SSSR count). The summed E-state index contributed by atoms with van der Waals surface area (Å²) in [7, 11) is 1.52. The fourth-order valence-electron chi connectivity index (χ4n) is 6.35. The predicted octanol–water partition coefficient (Wildman–Crippen LogP) is 2.96. The fraction of sp³-hybridized carbons (Fsp3) is 0.652. The Balaban J connectivity index is 1.35. The van der Waals surface area contributed by atoms with Gasteiger partial charge in [0.15, 0.2) is 11.5 Å². The number of aliphatic hydroxyl groups is 1. The summed E-state index contributed by atoms with van der Waals surface area (Å²) in [4.78, 5) is 25.1. The molecule has 0 aliphatic heterocycles. The van der Waals surface area contributed by atoms with Crippen LogP contribution in [0.4, 0.5) is 0 Å². The van der Waals surface area contributed by atoms with E-state index in [1.165, 1.54) is 13.5 Å². The number of benzene rings is 1. The van der Waals surface area contributed by atoms with Crippen molar-refractivity contribution in [3.8, 4) is 11.5 Å². The van der Waals surface area contributed by atoms with Gasteiger partial charge in [0, 0.05) is 12.0 Å². The van der Waals surface area contributed by atoms with Gasteiger partial charge in [-0.1, -0.05) is 0 Å². The molecule has 1 aromatic rings. The third-order valence-corrected chi connectivity index (χ3v) is 6.79. The van der Waals surface area contributed by atoms with Crippen LogP contribution in [-0.2, 0) is 4.79 Å². The fourth-order valence-corrected chi connectivity index (χ4v) is 6.35. The molecule has 164 valence electrons. The molecular formula is C23H32N2O5. The van der Waals surface area contributed by atoms with Crippen molar-refractivity contribution in [1.29, 1.82) is 0 Å². The maximum absolute atomic E-state index is 12.6. The predicted molar refractivity (Wildman–Crippen MR) is 111 cm³/mol. The number of carbonyl (C=O) groups is 2. The summed E-state index contributed by atoms with van der Waals surface area (Å²) in [5.74, 6) is 1.45. The van der Waals surface area contributed by atoms with Crippen molar-refractivity contribution < 1.29 is 24.2 Å².